The number of nitrogens with one attached hydrogen (secondary N) is 1. The summed E-state index contributed by atoms with van der Waals surface area (Å²) >= 11 is 0. The van der Waals surface area contributed by atoms with Crippen LogP contribution >= 0.6 is 0 Å². The third-order valence-electron chi connectivity index (χ3n) is 4.93. The topological polar surface area (TPSA) is 32.3 Å². The molecule has 126 valence electrons. The van der Waals surface area contributed by atoms with E-state index in [2.05, 4.69) is 41.4 Å². The summed E-state index contributed by atoms with van der Waals surface area (Å²) in [5.74, 6) is 0.158. The van der Waals surface area contributed by atoms with E-state index in [-0.39, 0.29) is 11.9 Å². The minimum Gasteiger partial charge on any atom is -0.351 e. The standard InChI is InChI=1S/C21H26N2O/c1-2-19-13-14-20(23(19)16-18-11-7-4-8-12-18)21(24)22-15-17-9-5-3-6-10-17/h3-12,19-20H,2,13-16H2,1H3,(H,22,24)/t19-,20-/m0/s1. The first-order chi connectivity index (χ1) is 11.8. The monoisotopic (exact) mass is 322 g/mol. The smallest absolute Gasteiger partial charge is 0.237 e. The van der Waals surface area contributed by atoms with Gasteiger partial charge < -0.3 is 5.32 Å². The van der Waals surface area contributed by atoms with Gasteiger partial charge in [0.2, 0.25) is 5.91 Å². The van der Waals surface area contributed by atoms with E-state index < -0.39 is 0 Å². The van der Waals surface area contributed by atoms with Gasteiger partial charge in [0.1, 0.15) is 0 Å². The fourth-order valence-electron chi connectivity index (χ4n) is 3.59. The van der Waals surface area contributed by atoms with E-state index >= 15 is 0 Å². The molecule has 0 aliphatic carbocycles. The molecule has 0 saturated carbocycles. The van der Waals surface area contributed by atoms with E-state index in [0.29, 0.717) is 12.6 Å². The first-order valence-electron chi connectivity index (χ1n) is 8.89. The highest BCUT2D eigenvalue weighted by atomic mass is 16.2. The Morgan fingerprint density at radius 2 is 1.62 bits per heavy atom. The van der Waals surface area contributed by atoms with Crippen molar-refractivity contribution in [2.45, 2.75) is 51.4 Å². The van der Waals surface area contributed by atoms with Gasteiger partial charge >= 0.3 is 0 Å². The minimum atomic E-state index is -0.0149. The van der Waals surface area contributed by atoms with Gasteiger partial charge in [-0.2, -0.15) is 0 Å². The van der Waals surface area contributed by atoms with Crippen LogP contribution in [0.15, 0.2) is 60.7 Å². The van der Waals surface area contributed by atoms with Crippen LogP contribution in [-0.4, -0.2) is 22.9 Å². The van der Waals surface area contributed by atoms with Gasteiger partial charge in [0.15, 0.2) is 0 Å². The van der Waals surface area contributed by atoms with E-state index in [0.717, 1.165) is 31.4 Å². The summed E-state index contributed by atoms with van der Waals surface area (Å²) in [5, 5.41) is 3.12. The van der Waals surface area contributed by atoms with Gasteiger partial charge in [-0.15, -0.1) is 0 Å². The van der Waals surface area contributed by atoms with E-state index in [4.69, 9.17) is 0 Å². The number of likely N-dealkylation sites (tertiary alicyclic amines) is 1. The molecule has 1 saturated heterocycles. The molecule has 1 fully saturated rings. The number of hydrogen-bond donors (Lipinski definition) is 1. The Balaban J connectivity index is 1.64. The average Bonchev–Trinajstić information content (AvgIpc) is 3.04. The second-order valence-electron chi connectivity index (χ2n) is 6.52. The normalized spacial score (nSPS) is 20.9. The largest absolute Gasteiger partial charge is 0.351 e. The summed E-state index contributed by atoms with van der Waals surface area (Å²) < 4.78 is 0. The molecule has 24 heavy (non-hydrogen) atoms. The first-order valence-corrected chi connectivity index (χ1v) is 8.89. The van der Waals surface area contributed by atoms with E-state index in [1.807, 2.05) is 36.4 Å². The Morgan fingerprint density at radius 1 is 1.00 bits per heavy atom. The third kappa shape index (κ3) is 4.04. The number of rotatable bonds is 6. The number of hydrogen-bond acceptors (Lipinski definition) is 2. The number of nitrogens with zero attached hydrogens (tertiary/aromatic N) is 1. The van der Waals surface area contributed by atoms with Gasteiger partial charge in [0.25, 0.3) is 0 Å². The number of carbonyl (C=O) groups excluding carboxylic acids is 1. The zero-order valence-corrected chi connectivity index (χ0v) is 14.3. The van der Waals surface area contributed by atoms with Gasteiger partial charge in [0.05, 0.1) is 6.04 Å². The number of carbonyl (C=O) groups is 1. The summed E-state index contributed by atoms with van der Waals surface area (Å²) in [6.07, 6.45) is 3.15. The molecule has 3 heteroatoms. The van der Waals surface area contributed by atoms with Crippen molar-refractivity contribution < 1.29 is 4.79 Å². The molecule has 1 amide bonds. The SMILES string of the molecule is CC[C@H]1CC[C@@H](C(=O)NCc2ccccc2)N1Cc1ccccc1. The van der Waals surface area contributed by atoms with Crippen LogP contribution in [0.1, 0.15) is 37.3 Å². The average molecular weight is 322 g/mol. The van der Waals surface area contributed by atoms with Gasteiger partial charge in [-0.3, -0.25) is 9.69 Å². The molecule has 2 atom stereocenters. The lowest BCUT2D eigenvalue weighted by Gasteiger charge is -2.29. The van der Waals surface area contributed by atoms with Gasteiger partial charge in [0, 0.05) is 19.1 Å². The van der Waals surface area contributed by atoms with Crippen LogP contribution in [0.5, 0.6) is 0 Å². The van der Waals surface area contributed by atoms with Crippen LogP contribution in [0.25, 0.3) is 0 Å². The molecule has 0 bridgehead atoms. The van der Waals surface area contributed by atoms with Crippen molar-refractivity contribution in [3.05, 3.63) is 71.8 Å². The van der Waals surface area contributed by atoms with Crippen molar-refractivity contribution in [3.63, 3.8) is 0 Å². The van der Waals surface area contributed by atoms with Crippen LogP contribution < -0.4 is 5.32 Å². The second-order valence-corrected chi connectivity index (χ2v) is 6.52. The second kappa shape index (κ2) is 8.11. The summed E-state index contributed by atoms with van der Waals surface area (Å²) in [5.41, 5.74) is 2.42. The molecule has 0 unspecified atom stereocenters. The summed E-state index contributed by atoms with van der Waals surface area (Å²) in [7, 11) is 0. The van der Waals surface area contributed by atoms with Gasteiger partial charge in [-0.05, 0) is 30.4 Å². The summed E-state index contributed by atoms with van der Waals surface area (Å²) in [6.45, 7) is 3.67. The Labute approximate surface area is 144 Å². The molecule has 1 N–H and O–H groups in total. The predicted octanol–water partition coefficient (Wildman–Crippen LogP) is 3.75. The molecule has 0 radical (unpaired) electrons. The zero-order chi connectivity index (χ0) is 16.8. The molecule has 1 heterocycles. The van der Waals surface area contributed by atoms with Crippen molar-refractivity contribution in [1.29, 1.82) is 0 Å². The van der Waals surface area contributed by atoms with Gasteiger partial charge in [-0.1, -0.05) is 67.6 Å². The molecule has 0 aromatic heterocycles. The maximum absolute atomic E-state index is 12.7. The Bertz CT molecular complexity index is 641. The highest BCUT2D eigenvalue weighted by Crippen LogP contribution is 2.28. The third-order valence-corrected chi connectivity index (χ3v) is 4.93. The van der Waals surface area contributed by atoms with Crippen LogP contribution in [0.2, 0.25) is 0 Å². The summed E-state index contributed by atoms with van der Waals surface area (Å²) in [4.78, 5) is 15.1. The van der Waals surface area contributed by atoms with E-state index in [9.17, 15) is 4.79 Å². The van der Waals surface area contributed by atoms with Crippen LogP contribution in [0, 0.1) is 0 Å². The van der Waals surface area contributed by atoms with Crippen molar-refractivity contribution in [2.75, 3.05) is 0 Å². The quantitative estimate of drug-likeness (QED) is 0.878. The Morgan fingerprint density at radius 3 is 2.25 bits per heavy atom. The zero-order valence-electron chi connectivity index (χ0n) is 14.3. The number of amides is 1. The molecule has 3 nitrogen and oxygen atoms in total. The maximum atomic E-state index is 12.7. The highest BCUT2D eigenvalue weighted by Gasteiger charge is 2.36. The molecular weight excluding hydrogens is 296 g/mol. The van der Waals surface area contributed by atoms with Gasteiger partial charge in [-0.25, -0.2) is 0 Å². The number of benzene rings is 2. The molecule has 1 aliphatic rings. The first kappa shape index (κ1) is 16.7. The van der Waals surface area contributed by atoms with Crippen molar-refractivity contribution in [3.8, 4) is 0 Å². The fourth-order valence-corrected chi connectivity index (χ4v) is 3.59. The minimum absolute atomic E-state index is 0.0149. The lowest BCUT2D eigenvalue weighted by Crippen LogP contribution is -2.45. The lowest BCUT2D eigenvalue weighted by atomic mass is 10.1. The Kier molecular flexibility index (Phi) is 5.65. The Hall–Kier alpha value is -2.13. The molecule has 3 rings (SSSR count). The van der Waals surface area contributed by atoms with Crippen LogP contribution in [0.3, 0.4) is 0 Å². The molecule has 0 spiro atoms. The van der Waals surface area contributed by atoms with Crippen molar-refractivity contribution >= 4 is 5.91 Å². The fraction of sp³-hybridized carbons (Fsp3) is 0.381. The molecule has 1 aliphatic heterocycles. The van der Waals surface area contributed by atoms with E-state index in [1.165, 1.54) is 5.56 Å². The lowest BCUT2D eigenvalue weighted by molar-refractivity contribution is -0.126. The molecule has 2 aromatic carbocycles. The van der Waals surface area contributed by atoms with Crippen LogP contribution in [-0.2, 0) is 17.9 Å². The highest BCUT2D eigenvalue weighted by molar-refractivity contribution is 5.82. The predicted molar refractivity (Wildman–Crippen MR) is 97.4 cm³/mol. The maximum Gasteiger partial charge on any atom is 0.237 e. The van der Waals surface area contributed by atoms with Crippen molar-refractivity contribution in [1.82, 2.24) is 10.2 Å². The van der Waals surface area contributed by atoms with E-state index in [1.54, 1.807) is 0 Å². The molecular formula is C21H26N2O. The summed E-state index contributed by atoms with van der Waals surface area (Å²) in [6, 6.07) is 21.0. The molecule has 2 aromatic rings. The van der Waals surface area contributed by atoms with Crippen LogP contribution in [0.4, 0.5) is 0 Å². The van der Waals surface area contributed by atoms with Crippen molar-refractivity contribution in [2.24, 2.45) is 0 Å².